The molecule has 3 aromatic rings. The molecule has 0 spiro atoms. The van der Waals surface area contributed by atoms with E-state index in [4.69, 9.17) is 10.5 Å². The predicted molar refractivity (Wildman–Crippen MR) is 77.9 cm³/mol. The first-order valence-electron chi connectivity index (χ1n) is 6.24. The number of methoxy groups -OCH3 is 1. The van der Waals surface area contributed by atoms with Gasteiger partial charge in [0.15, 0.2) is 5.82 Å². The Morgan fingerprint density at radius 2 is 2.05 bits per heavy atom. The summed E-state index contributed by atoms with van der Waals surface area (Å²) < 4.78 is 5.05. The van der Waals surface area contributed by atoms with Gasteiger partial charge in [-0.1, -0.05) is 18.2 Å². The highest BCUT2D eigenvalue weighted by atomic mass is 16.5. The topological polar surface area (TPSA) is 73.9 Å². The van der Waals surface area contributed by atoms with E-state index in [9.17, 15) is 0 Å². The lowest BCUT2D eigenvalue weighted by atomic mass is 10.1. The van der Waals surface area contributed by atoms with Gasteiger partial charge in [-0.3, -0.25) is 4.98 Å². The maximum atomic E-state index is 5.82. The number of hydrogen-bond donors (Lipinski definition) is 1. The van der Waals surface area contributed by atoms with Gasteiger partial charge in [0.1, 0.15) is 12.4 Å². The molecule has 2 N–H and O–H groups in total. The number of nitrogen functional groups attached to an aromatic ring is 1. The van der Waals surface area contributed by atoms with Gasteiger partial charge in [0, 0.05) is 30.3 Å². The van der Waals surface area contributed by atoms with Crippen LogP contribution in [0.25, 0.3) is 22.2 Å². The minimum absolute atomic E-state index is 0.337. The minimum atomic E-state index is 0.337. The average Bonchev–Trinajstić information content (AvgIpc) is 2.46. The van der Waals surface area contributed by atoms with Crippen LogP contribution in [0, 0.1) is 0 Å². The van der Waals surface area contributed by atoms with Crippen LogP contribution in [0.1, 0.15) is 5.82 Å². The lowest BCUT2D eigenvalue weighted by Gasteiger charge is -2.06. The number of anilines is 1. The number of fused-ring (bicyclic) bond motifs is 1. The molecule has 0 aliphatic heterocycles. The molecule has 0 aliphatic rings. The number of nitrogens with two attached hydrogens (primary N) is 1. The summed E-state index contributed by atoms with van der Waals surface area (Å²) in [5.41, 5.74) is 8.48. The summed E-state index contributed by atoms with van der Waals surface area (Å²) in [6, 6.07) is 11.7. The normalized spacial score (nSPS) is 10.8. The first-order chi connectivity index (χ1) is 9.76. The van der Waals surface area contributed by atoms with Gasteiger partial charge >= 0.3 is 0 Å². The molecular formula is C15H14N4O. The summed E-state index contributed by atoms with van der Waals surface area (Å²) in [5, 5.41) is 1.09. The second-order valence-corrected chi connectivity index (χ2v) is 4.44. The highest BCUT2D eigenvalue weighted by molar-refractivity contribution is 5.83. The van der Waals surface area contributed by atoms with Gasteiger partial charge in [-0.25, -0.2) is 9.97 Å². The Kier molecular flexibility index (Phi) is 3.26. The molecule has 0 radical (unpaired) electrons. The average molecular weight is 266 g/mol. The Balaban J connectivity index is 2.10. The van der Waals surface area contributed by atoms with Crippen LogP contribution >= 0.6 is 0 Å². The molecule has 0 saturated carbocycles. The Morgan fingerprint density at radius 3 is 2.90 bits per heavy atom. The van der Waals surface area contributed by atoms with Crippen LogP contribution in [0.15, 0.2) is 42.6 Å². The Bertz CT molecular complexity index is 758. The van der Waals surface area contributed by atoms with Crippen LogP contribution in [0.2, 0.25) is 0 Å². The van der Waals surface area contributed by atoms with Crippen molar-refractivity contribution in [2.24, 2.45) is 0 Å². The lowest BCUT2D eigenvalue weighted by Crippen LogP contribution is -2.02. The van der Waals surface area contributed by atoms with Crippen molar-refractivity contribution in [1.82, 2.24) is 15.0 Å². The monoisotopic (exact) mass is 266 g/mol. The second kappa shape index (κ2) is 5.22. The zero-order valence-corrected chi connectivity index (χ0v) is 11.1. The maximum Gasteiger partial charge on any atom is 0.157 e. The first kappa shape index (κ1) is 12.5. The van der Waals surface area contributed by atoms with Crippen molar-refractivity contribution in [3.8, 4) is 11.3 Å². The standard InChI is InChI=1S/C15H14N4O/c1-20-9-15-18-13(8-14(16)19-15)11-5-4-10-3-2-6-17-12(10)7-11/h2-8H,9H2,1H3,(H2,16,18,19). The van der Waals surface area contributed by atoms with E-state index in [0.717, 1.165) is 22.2 Å². The number of aromatic nitrogens is 3. The molecule has 5 heteroatoms. The molecule has 100 valence electrons. The van der Waals surface area contributed by atoms with Gasteiger partial charge in [0.25, 0.3) is 0 Å². The van der Waals surface area contributed by atoms with E-state index in [0.29, 0.717) is 18.2 Å². The van der Waals surface area contributed by atoms with Crippen LogP contribution < -0.4 is 5.73 Å². The van der Waals surface area contributed by atoms with Gasteiger partial charge in [-0.15, -0.1) is 0 Å². The molecule has 0 atom stereocenters. The molecule has 20 heavy (non-hydrogen) atoms. The highest BCUT2D eigenvalue weighted by Gasteiger charge is 2.06. The summed E-state index contributed by atoms with van der Waals surface area (Å²) in [5.74, 6) is 1.01. The molecular weight excluding hydrogens is 252 g/mol. The van der Waals surface area contributed by atoms with E-state index in [1.807, 2.05) is 30.3 Å². The number of rotatable bonds is 3. The number of pyridine rings is 1. The third kappa shape index (κ3) is 2.44. The van der Waals surface area contributed by atoms with E-state index in [-0.39, 0.29) is 0 Å². The molecule has 5 nitrogen and oxygen atoms in total. The molecule has 2 aromatic heterocycles. The predicted octanol–water partition coefficient (Wildman–Crippen LogP) is 2.42. The first-order valence-corrected chi connectivity index (χ1v) is 6.24. The molecule has 2 heterocycles. The highest BCUT2D eigenvalue weighted by Crippen LogP contribution is 2.23. The van der Waals surface area contributed by atoms with Gasteiger partial charge in [0.05, 0.1) is 11.2 Å². The number of nitrogens with zero attached hydrogens (tertiary/aromatic N) is 3. The molecule has 3 rings (SSSR count). The van der Waals surface area contributed by atoms with Crippen LogP contribution in [-0.4, -0.2) is 22.1 Å². The van der Waals surface area contributed by atoms with E-state index in [1.165, 1.54) is 0 Å². The quantitative estimate of drug-likeness (QED) is 0.788. The summed E-state index contributed by atoms with van der Waals surface area (Å²) in [6.45, 7) is 0.337. The molecule has 0 aliphatic carbocycles. The van der Waals surface area contributed by atoms with Crippen molar-refractivity contribution in [3.05, 3.63) is 48.4 Å². The number of ether oxygens (including phenoxy) is 1. The van der Waals surface area contributed by atoms with Crippen molar-refractivity contribution in [3.63, 3.8) is 0 Å². The summed E-state index contributed by atoms with van der Waals surface area (Å²) >= 11 is 0. The molecule has 0 bridgehead atoms. The zero-order chi connectivity index (χ0) is 13.9. The fourth-order valence-electron chi connectivity index (χ4n) is 2.08. The van der Waals surface area contributed by atoms with Crippen molar-refractivity contribution < 1.29 is 4.74 Å². The molecule has 0 amide bonds. The van der Waals surface area contributed by atoms with Gasteiger partial charge in [0.2, 0.25) is 0 Å². The summed E-state index contributed by atoms with van der Waals surface area (Å²) in [7, 11) is 1.60. The van der Waals surface area contributed by atoms with Crippen molar-refractivity contribution in [1.29, 1.82) is 0 Å². The van der Waals surface area contributed by atoms with E-state index >= 15 is 0 Å². The van der Waals surface area contributed by atoms with Crippen molar-refractivity contribution in [2.75, 3.05) is 12.8 Å². The van der Waals surface area contributed by atoms with Crippen LogP contribution in [-0.2, 0) is 11.3 Å². The SMILES string of the molecule is COCc1nc(N)cc(-c2ccc3cccnc3c2)n1. The molecule has 0 saturated heterocycles. The number of benzene rings is 1. The fourth-order valence-corrected chi connectivity index (χ4v) is 2.08. The third-order valence-electron chi connectivity index (χ3n) is 2.97. The van der Waals surface area contributed by atoms with E-state index < -0.39 is 0 Å². The summed E-state index contributed by atoms with van der Waals surface area (Å²) in [6.07, 6.45) is 1.77. The van der Waals surface area contributed by atoms with E-state index in [1.54, 1.807) is 19.4 Å². The van der Waals surface area contributed by atoms with Gasteiger partial charge < -0.3 is 10.5 Å². The van der Waals surface area contributed by atoms with Crippen LogP contribution in [0.4, 0.5) is 5.82 Å². The molecule has 0 unspecified atom stereocenters. The molecule has 1 aromatic carbocycles. The second-order valence-electron chi connectivity index (χ2n) is 4.44. The fraction of sp³-hybridized carbons (Fsp3) is 0.133. The zero-order valence-electron chi connectivity index (χ0n) is 11.1. The smallest absolute Gasteiger partial charge is 0.157 e. The molecule has 0 fully saturated rings. The summed E-state index contributed by atoms with van der Waals surface area (Å²) in [4.78, 5) is 12.9. The maximum absolute atomic E-state index is 5.82. The van der Waals surface area contributed by atoms with Gasteiger partial charge in [-0.2, -0.15) is 0 Å². The largest absolute Gasteiger partial charge is 0.384 e. The third-order valence-corrected chi connectivity index (χ3v) is 2.97. The van der Waals surface area contributed by atoms with Crippen LogP contribution in [0.5, 0.6) is 0 Å². The van der Waals surface area contributed by atoms with Gasteiger partial charge in [-0.05, 0) is 12.1 Å². The van der Waals surface area contributed by atoms with E-state index in [2.05, 4.69) is 15.0 Å². The number of hydrogen-bond acceptors (Lipinski definition) is 5. The van der Waals surface area contributed by atoms with Crippen molar-refractivity contribution >= 4 is 16.7 Å². The van der Waals surface area contributed by atoms with Crippen LogP contribution in [0.3, 0.4) is 0 Å². The lowest BCUT2D eigenvalue weighted by molar-refractivity contribution is 0.178. The van der Waals surface area contributed by atoms with Crippen molar-refractivity contribution in [2.45, 2.75) is 6.61 Å². The minimum Gasteiger partial charge on any atom is -0.384 e. The Hall–Kier alpha value is -2.53. The Morgan fingerprint density at radius 1 is 1.15 bits per heavy atom. The Labute approximate surface area is 116 Å².